The van der Waals surface area contributed by atoms with Gasteiger partial charge in [0.25, 0.3) is 0 Å². The van der Waals surface area contributed by atoms with Gasteiger partial charge in [0, 0.05) is 0 Å². The van der Waals surface area contributed by atoms with Gasteiger partial charge in [0.15, 0.2) is 0 Å². The molecule has 1 saturated heterocycles. The van der Waals surface area contributed by atoms with Crippen molar-refractivity contribution >= 4 is 13.0 Å². The predicted molar refractivity (Wildman–Crippen MR) is 50.4 cm³/mol. The molecule has 0 spiro atoms. The number of carboxylic acids is 1. The van der Waals surface area contributed by atoms with E-state index < -0.39 is 19.1 Å². The Morgan fingerprint density at radius 3 is 2.69 bits per heavy atom. The first kappa shape index (κ1) is 10.5. The fourth-order valence-electron chi connectivity index (χ4n) is 2.07. The predicted octanol–water partition coefficient (Wildman–Crippen LogP) is 0.282. The second-order valence-corrected chi connectivity index (χ2v) is 3.61. The second-order valence-electron chi connectivity index (χ2n) is 3.61. The van der Waals surface area contributed by atoms with E-state index in [1.54, 1.807) is 11.6 Å². The first-order valence-electron chi connectivity index (χ1n) is 4.74. The van der Waals surface area contributed by atoms with Crippen LogP contribution in [0.1, 0.15) is 19.8 Å². The van der Waals surface area contributed by atoms with Crippen molar-refractivity contribution in [3.8, 4) is 0 Å². The van der Waals surface area contributed by atoms with Gasteiger partial charge in [0.1, 0.15) is 6.04 Å². The van der Waals surface area contributed by atoms with E-state index in [4.69, 9.17) is 5.11 Å². The maximum absolute atomic E-state index is 10.9. The van der Waals surface area contributed by atoms with E-state index in [1.165, 1.54) is 0 Å². The number of nitrogens with zero attached hydrogens (tertiary/aromatic N) is 1. The smallest absolute Gasteiger partial charge is 0.377 e. The maximum atomic E-state index is 10.9. The summed E-state index contributed by atoms with van der Waals surface area (Å²) in [5.41, 5.74) is 0. The van der Waals surface area contributed by atoms with Crippen molar-refractivity contribution in [2.75, 3.05) is 6.54 Å². The van der Waals surface area contributed by atoms with Crippen LogP contribution < -0.4 is 0 Å². The molecular weight excluding hydrogens is 169 g/mol. The lowest BCUT2D eigenvalue weighted by atomic mass is 9.83. The molecule has 0 saturated carbocycles. The highest BCUT2D eigenvalue weighted by molar-refractivity contribution is 6.45. The minimum absolute atomic E-state index is 0.187. The molecule has 0 amide bonds. The lowest BCUT2D eigenvalue weighted by molar-refractivity contribution is -0.142. The summed E-state index contributed by atoms with van der Waals surface area (Å²) >= 11 is 0. The van der Waals surface area contributed by atoms with E-state index >= 15 is 0 Å². The fourth-order valence-corrected chi connectivity index (χ4v) is 2.07. The van der Waals surface area contributed by atoms with Crippen LogP contribution in [-0.2, 0) is 4.79 Å². The lowest BCUT2D eigenvalue weighted by Crippen LogP contribution is -2.46. The van der Waals surface area contributed by atoms with Gasteiger partial charge in [-0.2, -0.15) is 0 Å². The average Bonchev–Trinajstić information content (AvgIpc) is 2.46. The van der Waals surface area contributed by atoms with Crippen molar-refractivity contribution < 1.29 is 14.9 Å². The van der Waals surface area contributed by atoms with E-state index in [0.29, 0.717) is 6.54 Å². The van der Waals surface area contributed by atoms with Crippen molar-refractivity contribution in [1.29, 1.82) is 0 Å². The first-order chi connectivity index (χ1) is 6.07. The van der Waals surface area contributed by atoms with Crippen molar-refractivity contribution in [2.24, 2.45) is 5.92 Å². The quantitative estimate of drug-likeness (QED) is 0.620. The largest absolute Gasteiger partial charge is 0.480 e. The Labute approximate surface area is 78.7 Å². The molecule has 0 aromatic carbocycles. The molecule has 2 N–H and O–H groups in total. The van der Waals surface area contributed by atoms with Gasteiger partial charge in [-0.15, -0.1) is 0 Å². The number of carboxylic acid groups (broad SMARTS) is 1. The van der Waals surface area contributed by atoms with E-state index in [-0.39, 0.29) is 5.92 Å². The van der Waals surface area contributed by atoms with E-state index in [2.05, 4.69) is 0 Å². The van der Waals surface area contributed by atoms with Gasteiger partial charge in [-0.3, -0.25) is 4.79 Å². The van der Waals surface area contributed by atoms with Gasteiger partial charge in [0.05, 0.1) is 0 Å². The molecule has 1 aliphatic rings. The van der Waals surface area contributed by atoms with Crippen LogP contribution in [0.2, 0.25) is 6.82 Å². The second kappa shape index (κ2) is 4.11. The molecule has 2 atom stereocenters. The van der Waals surface area contributed by atoms with Gasteiger partial charge in [0.2, 0.25) is 0 Å². The summed E-state index contributed by atoms with van der Waals surface area (Å²) in [6, 6.07) is -0.495. The van der Waals surface area contributed by atoms with Gasteiger partial charge in [-0.25, -0.2) is 0 Å². The summed E-state index contributed by atoms with van der Waals surface area (Å²) in [6.07, 6.45) is 1.73. The molecule has 1 unspecified atom stereocenters. The number of aliphatic carboxylic acids is 1. The molecule has 13 heavy (non-hydrogen) atoms. The average molecular weight is 185 g/mol. The van der Waals surface area contributed by atoms with Crippen LogP contribution in [0.15, 0.2) is 0 Å². The van der Waals surface area contributed by atoms with E-state index in [0.717, 1.165) is 12.8 Å². The third kappa shape index (κ3) is 2.03. The first-order valence-corrected chi connectivity index (χ1v) is 4.74. The topological polar surface area (TPSA) is 60.8 Å². The monoisotopic (exact) mass is 185 g/mol. The number of hydrogen-bond donors (Lipinski definition) is 2. The van der Waals surface area contributed by atoms with E-state index in [9.17, 15) is 9.82 Å². The summed E-state index contributed by atoms with van der Waals surface area (Å²) in [5.74, 6) is -0.627. The zero-order chi connectivity index (χ0) is 10.0. The SMILES string of the molecule is CC[C@H]1CCN(B(C)O)C1C(=O)O. The van der Waals surface area contributed by atoms with Crippen molar-refractivity contribution in [3.63, 3.8) is 0 Å². The van der Waals surface area contributed by atoms with Crippen molar-refractivity contribution in [1.82, 2.24) is 4.81 Å². The van der Waals surface area contributed by atoms with Crippen LogP contribution >= 0.6 is 0 Å². The lowest BCUT2D eigenvalue weighted by Gasteiger charge is -2.24. The van der Waals surface area contributed by atoms with Crippen molar-refractivity contribution in [3.05, 3.63) is 0 Å². The Morgan fingerprint density at radius 2 is 2.31 bits per heavy atom. The normalized spacial score (nSPS) is 29.2. The summed E-state index contributed by atoms with van der Waals surface area (Å²) in [5, 5.41) is 18.3. The van der Waals surface area contributed by atoms with Gasteiger partial charge in [-0.05, 0) is 25.7 Å². The summed E-state index contributed by atoms with van der Waals surface area (Å²) < 4.78 is 0. The highest BCUT2D eigenvalue weighted by atomic mass is 16.4. The Balaban J connectivity index is 2.73. The molecule has 0 aliphatic carbocycles. The molecule has 5 heteroatoms. The fraction of sp³-hybridized carbons (Fsp3) is 0.875. The Hall–Kier alpha value is -0.545. The Bertz CT molecular complexity index is 198. The standard InChI is InChI=1S/C8H16BNO3/c1-3-6-4-5-10(9(2)13)7(6)8(11)12/h6-7,13H,3-5H2,1-2H3,(H,11,12)/t6-,7?/m0/s1. The number of carbonyl (C=O) groups is 1. The Kier molecular flexibility index (Phi) is 3.33. The van der Waals surface area contributed by atoms with Crippen LogP contribution in [0.25, 0.3) is 0 Å². The third-order valence-electron chi connectivity index (χ3n) is 2.82. The van der Waals surface area contributed by atoms with Crippen LogP contribution in [0.5, 0.6) is 0 Å². The molecule has 0 radical (unpaired) electrons. The molecule has 4 nitrogen and oxygen atoms in total. The summed E-state index contributed by atoms with van der Waals surface area (Å²) in [7, 11) is -0.655. The molecule has 0 aromatic heterocycles. The Morgan fingerprint density at radius 1 is 1.69 bits per heavy atom. The summed E-state index contributed by atoms with van der Waals surface area (Å²) in [6.45, 7) is 4.30. The highest BCUT2D eigenvalue weighted by Crippen LogP contribution is 2.27. The van der Waals surface area contributed by atoms with Gasteiger partial charge >= 0.3 is 13.0 Å². The van der Waals surface area contributed by atoms with Crippen LogP contribution in [-0.4, -0.2) is 40.5 Å². The zero-order valence-electron chi connectivity index (χ0n) is 8.10. The van der Waals surface area contributed by atoms with Gasteiger partial charge in [-0.1, -0.05) is 13.3 Å². The molecule has 1 aliphatic heterocycles. The van der Waals surface area contributed by atoms with Crippen molar-refractivity contribution in [2.45, 2.75) is 32.6 Å². The van der Waals surface area contributed by atoms with Crippen LogP contribution in [0, 0.1) is 5.92 Å². The number of hydrogen-bond acceptors (Lipinski definition) is 3. The highest BCUT2D eigenvalue weighted by Gasteiger charge is 2.41. The molecule has 1 heterocycles. The number of rotatable bonds is 3. The van der Waals surface area contributed by atoms with E-state index in [1.807, 2.05) is 6.92 Å². The summed E-state index contributed by atoms with van der Waals surface area (Å²) in [4.78, 5) is 12.6. The minimum Gasteiger partial charge on any atom is -0.480 e. The molecule has 0 aromatic rings. The molecule has 0 bridgehead atoms. The molecule has 1 rings (SSSR count). The molecule has 74 valence electrons. The van der Waals surface area contributed by atoms with Crippen LogP contribution in [0.3, 0.4) is 0 Å². The minimum atomic E-state index is -0.815. The third-order valence-corrected chi connectivity index (χ3v) is 2.82. The van der Waals surface area contributed by atoms with Gasteiger partial charge < -0.3 is 14.9 Å². The maximum Gasteiger partial charge on any atom is 0.377 e. The van der Waals surface area contributed by atoms with Crippen LogP contribution in [0.4, 0.5) is 0 Å². The zero-order valence-corrected chi connectivity index (χ0v) is 8.10. The molecule has 1 fully saturated rings. The molecular formula is C8H16BNO3.